The van der Waals surface area contributed by atoms with Crippen molar-refractivity contribution in [2.24, 2.45) is 13.0 Å². The van der Waals surface area contributed by atoms with E-state index in [0.717, 1.165) is 36.2 Å². The van der Waals surface area contributed by atoms with Gasteiger partial charge < -0.3 is 5.32 Å². The molecule has 4 rings (SSSR count). The van der Waals surface area contributed by atoms with Gasteiger partial charge in [-0.2, -0.15) is 10.4 Å². The van der Waals surface area contributed by atoms with Crippen molar-refractivity contribution < 1.29 is 4.79 Å². The molecule has 5 nitrogen and oxygen atoms in total. The first-order valence-electron chi connectivity index (χ1n) is 9.01. The van der Waals surface area contributed by atoms with Crippen LogP contribution in [-0.4, -0.2) is 15.7 Å². The van der Waals surface area contributed by atoms with E-state index in [1.54, 1.807) is 16.0 Å². The fourth-order valence-electron chi connectivity index (χ4n) is 3.82. The van der Waals surface area contributed by atoms with E-state index >= 15 is 0 Å². The number of hydrogen-bond acceptors (Lipinski definition) is 4. The maximum Gasteiger partial charge on any atom is 0.228 e. The van der Waals surface area contributed by atoms with Crippen LogP contribution in [0.4, 0.5) is 5.00 Å². The van der Waals surface area contributed by atoms with Gasteiger partial charge in [0.15, 0.2) is 0 Å². The third kappa shape index (κ3) is 3.21. The number of rotatable bonds is 3. The predicted molar refractivity (Wildman–Crippen MR) is 97.6 cm³/mol. The monoisotopic (exact) mass is 354 g/mol. The fraction of sp³-hybridized carbons (Fsp3) is 0.526. The summed E-state index contributed by atoms with van der Waals surface area (Å²) < 4.78 is 1.77. The molecule has 2 aromatic rings. The van der Waals surface area contributed by atoms with Crippen molar-refractivity contribution in [3.63, 3.8) is 0 Å². The van der Waals surface area contributed by atoms with Crippen molar-refractivity contribution in [1.29, 1.82) is 5.26 Å². The molecule has 2 aliphatic carbocycles. The van der Waals surface area contributed by atoms with Crippen molar-refractivity contribution in [3.05, 3.63) is 34.0 Å². The summed E-state index contributed by atoms with van der Waals surface area (Å²) in [6.07, 6.45) is 11.5. The van der Waals surface area contributed by atoms with Gasteiger partial charge >= 0.3 is 0 Å². The highest BCUT2D eigenvalue weighted by molar-refractivity contribution is 7.16. The number of carbonyl (C=O) groups excluding carboxylic acids is 1. The molecule has 0 spiro atoms. The Hall–Kier alpha value is -2.13. The smallest absolute Gasteiger partial charge is 0.228 e. The SMILES string of the molecule is Cn1cc([C@@H]2C[C@H]2C(=O)Nc2sc3c(c2C#N)CCCCCC3)cn1. The molecule has 0 radical (unpaired) electrons. The molecule has 0 aromatic carbocycles. The van der Waals surface area contributed by atoms with Gasteiger partial charge in [0.2, 0.25) is 5.91 Å². The molecule has 1 fully saturated rings. The number of nitrogens with one attached hydrogen (secondary N) is 1. The molecule has 2 aromatic heterocycles. The summed E-state index contributed by atoms with van der Waals surface area (Å²) in [5.74, 6) is 0.306. The molecule has 2 atom stereocenters. The van der Waals surface area contributed by atoms with Crippen LogP contribution in [0.2, 0.25) is 0 Å². The lowest BCUT2D eigenvalue weighted by Gasteiger charge is -2.08. The fourth-order valence-corrected chi connectivity index (χ4v) is 5.06. The zero-order valence-corrected chi connectivity index (χ0v) is 15.2. The van der Waals surface area contributed by atoms with Crippen LogP contribution in [0.25, 0.3) is 0 Å². The van der Waals surface area contributed by atoms with Crippen LogP contribution >= 0.6 is 11.3 Å². The second-order valence-electron chi connectivity index (χ2n) is 7.12. The summed E-state index contributed by atoms with van der Waals surface area (Å²) in [6.45, 7) is 0. The van der Waals surface area contributed by atoms with Crippen LogP contribution in [0.15, 0.2) is 12.4 Å². The van der Waals surface area contributed by atoms with Crippen LogP contribution in [0.5, 0.6) is 0 Å². The average molecular weight is 354 g/mol. The lowest BCUT2D eigenvalue weighted by atomic mass is 9.97. The molecule has 25 heavy (non-hydrogen) atoms. The number of hydrogen-bond donors (Lipinski definition) is 1. The summed E-state index contributed by atoms with van der Waals surface area (Å²) in [4.78, 5) is 13.9. The van der Waals surface area contributed by atoms with Gasteiger partial charge in [0.1, 0.15) is 11.1 Å². The molecule has 1 amide bonds. The summed E-state index contributed by atoms with van der Waals surface area (Å²) >= 11 is 1.61. The Morgan fingerprint density at radius 2 is 2.16 bits per heavy atom. The van der Waals surface area contributed by atoms with Crippen LogP contribution in [-0.2, 0) is 24.7 Å². The molecule has 0 saturated heterocycles. The second-order valence-corrected chi connectivity index (χ2v) is 8.22. The van der Waals surface area contributed by atoms with Crippen molar-refractivity contribution in [2.45, 2.75) is 50.9 Å². The Bertz CT molecular complexity index is 844. The average Bonchev–Trinajstić information content (AvgIpc) is 3.17. The molecule has 130 valence electrons. The quantitative estimate of drug-likeness (QED) is 0.912. The summed E-state index contributed by atoms with van der Waals surface area (Å²) in [7, 11) is 1.89. The van der Waals surface area contributed by atoms with Crippen LogP contribution in [0.1, 0.15) is 59.6 Å². The number of nitriles is 1. The maximum absolute atomic E-state index is 12.6. The van der Waals surface area contributed by atoms with Crippen molar-refractivity contribution in [2.75, 3.05) is 5.32 Å². The molecule has 1 N–H and O–H groups in total. The number of nitrogens with zero attached hydrogens (tertiary/aromatic N) is 3. The Balaban J connectivity index is 1.50. The Morgan fingerprint density at radius 1 is 1.36 bits per heavy atom. The van der Waals surface area contributed by atoms with Gasteiger partial charge in [0.05, 0.1) is 11.8 Å². The van der Waals surface area contributed by atoms with Gasteiger partial charge in [-0.1, -0.05) is 12.8 Å². The van der Waals surface area contributed by atoms with Gasteiger partial charge in [0, 0.05) is 24.0 Å². The minimum atomic E-state index is 0.000395. The van der Waals surface area contributed by atoms with E-state index in [1.807, 2.05) is 19.4 Å². The Morgan fingerprint density at radius 3 is 2.88 bits per heavy atom. The summed E-state index contributed by atoms with van der Waals surface area (Å²) in [6, 6.07) is 2.35. The van der Waals surface area contributed by atoms with Crippen molar-refractivity contribution in [3.8, 4) is 6.07 Å². The molecular formula is C19H22N4OS. The van der Waals surface area contributed by atoms with E-state index in [0.29, 0.717) is 5.56 Å². The van der Waals surface area contributed by atoms with Crippen LogP contribution < -0.4 is 5.32 Å². The largest absolute Gasteiger partial charge is 0.316 e. The van der Waals surface area contributed by atoms with Crippen molar-refractivity contribution >= 4 is 22.2 Å². The van der Waals surface area contributed by atoms with E-state index in [4.69, 9.17) is 0 Å². The molecule has 2 heterocycles. The highest BCUT2D eigenvalue weighted by Crippen LogP contribution is 2.48. The molecule has 1 saturated carbocycles. The normalized spacial score (nSPS) is 22.4. The Kier molecular flexibility index (Phi) is 4.34. The van der Waals surface area contributed by atoms with E-state index in [1.165, 1.54) is 29.7 Å². The predicted octanol–water partition coefficient (Wildman–Crippen LogP) is 3.75. The number of aryl methyl sites for hydroxylation is 2. The van der Waals surface area contributed by atoms with Gasteiger partial charge in [-0.25, -0.2) is 0 Å². The zero-order chi connectivity index (χ0) is 17.4. The molecule has 0 bridgehead atoms. The first-order chi connectivity index (χ1) is 12.2. The number of carbonyl (C=O) groups is 1. The first kappa shape index (κ1) is 16.3. The Labute approximate surface area is 151 Å². The third-order valence-corrected chi connectivity index (χ3v) is 6.51. The van der Waals surface area contributed by atoms with Gasteiger partial charge in [-0.05, 0) is 49.1 Å². The minimum absolute atomic E-state index is 0.000395. The lowest BCUT2D eigenvalue weighted by Crippen LogP contribution is -2.14. The van der Waals surface area contributed by atoms with Gasteiger partial charge in [-0.3, -0.25) is 9.48 Å². The molecule has 0 unspecified atom stereocenters. The van der Waals surface area contributed by atoms with Crippen LogP contribution in [0.3, 0.4) is 0 Å². The standard InChI is InChI=1S/C19H22N4OS/c1-23-11-12(10-21-23)14-8-15(14)18(24)22-19-16(9-20)13-6-4-2-3-5-7-17(13)25-19/h10-11,14-15H,2-8H2,1H3,(H,22,24)/t14-,15+/m0/s1. The maximum atomic E-state index is 12.6. The lowest BCUT2D eigenvalue weighted by molar-refractivity contribution is -0.117. The number of amides is 1. The molecule has 6 heteroatoms. The summed E-state index contributed by atoms with van der Waals surface area (Å²) in [5.41, 5.74) is 3.01. The number of thiophene rings is 1. The zero-order valence-electron chi connectivity index (χ0n) is 14.4. The van der Waals surface area contributed by atoms with Crippen LogP contribution in [0, 0.1) is 17.2 Å². The van der Waals surface area contributed by atoms with E-state index in [2.05, 4.69) is 16.5 Å². The second kappa shape index (κ2) is 6.64. The summed E-state index contributed by atoms with van der Waals surface area (Å²) in [5, 5.41) is 17.6. The van der Waals surface area contributed by atoms with E-state index < -0.39 is 0 Å². The third-order valence-electron chi connectivity index (χ3n) is 5.30. The van der Waals surface area contributed by atoms with E-state index in [9.17, 15) is 10.1 Å². The van der Waals surface area contributed by atoms with Crippen molar-refractivity contribution in [1.82, 2.24) is 9.78 Å². The number of aromatic nitrogens is 2. The number of anilines is 1. The minimum Gasteiger partial charge on any atom is -0.316 e. The number of fused-ring (bicyclic) bond motifs is 1. The molecule has 0 aliphatic heterocycles. The highest BCUT2D eigenvalue weighted by Gasteiger charge is 2.45. The topological polar surface area (TPSA) is 70.7 Å². The van der Waals surface area contributed by atoms with E-state index in [-0.39, 0.29) is 17.7 Å². The van der Waals surface area contributed by atoms with Gasteiger partial charge in [0.25, 0.3) is 0 Å². The highest BCUT2D eigenvalue weighted by atomic mass is 32.1. The first-order valence-corrected chi connectivity index (χ1v) is 9.83. The molecular weight excluding hydrogens is 332 g/mol. The molecule has 2 aliphatic rings. The van der Waals surface area contributed by atoms with Gasteiger partial charge in [-0.15, -0.1) is 11.3 Å².